The van der Waals surface area contributed by atoms with Crippen molar-refractivity contribution in [2.24, 2.45) is 0 Å². The third kappa shape index (κ3) is 5.16. The molecule has 2 nitrogen and oxygen atoms in total. The van der Waals surface area contributed by atoms with Gasteiger partial charge in [0, 0.05) is 62.5 Å². The highest BCUT2D eigenvalue weighted by atomic mass is 32.1. The van der Waals surface area contributed by atoms with Crippen LogP contribution in [0.3, 0.4) is 0 Å². The predicted molar refractivity (Wildman–Crippen MR) is 252 cm³/mol. The van der Waals surface area contributed by atoms with Gasteiger partial charge >= 0.3 is 0 Å². The predicted octanol–water partition coefficient (Wildman–Crippen LogP) is 16.3. The van der Waals surface area contributed by atoms with Gasteiger partial charge in [0.15, 0.2) is 0 Å². The summed E-state index contributed by atoms with van der Waals surface area (Å²) in [5, 5.41) is 7.58. The third-order valence-electron chi connectivity index (χ3n) is 11.6. The molecular formula is C54H34N2S2. The first kappa shape index (κ1) is 33.2. The Hall–Kier alpha value is -6.98. The van der Waals surface area contributed by atoms with Crippen molar-refractivity contribution in [2.45, 2.75) is 0 Å². The molecule has 12 aromatic rings. The summed E-state index contributed by atoms with van der Waals surface area (Å²) >= 11 is 3.77. The van der Waals surface area contributed by atoms with Crippen LogP contribution >= 0.6 is 22.7 Å². The summed E-state index contributed by atoms with van der Waals surface area (Å²) in [5.41, 5.74) is 11.9. The van der Waals surface area contributed by atoms with Crippen molar-refractivity contribution in [3.8, 4) is 27.9 Å². The average molecular weight is 775 g/mol. The second-order valence-corrected chi connectivity index (χ2v) is 17.0. The Morgan fingerprint density at radius 2 is 1.00 bits per heavy atom. The van der Waals surface area contributed by atoms with E-state index >= 15 is 0 Å². The largest absolute Gasteiger partial charge is 0.309 e. The number of rotatable bonds is 6. The zero-order valence-corrected chi connectivity index (χ0v) is 33.0. The highest BCUT2D eigenvalue weighted by molar-refractivity contribution is 7.26. The lowest BCUT2D eigenvalue weighted by Crippen LogP contribution is -2.11. The minimum absolute atomic E-state index is 1.14. The number of benzene rings is 9. The van der Waals surface area contributed by atoms with Crippen LogP contribution in [0.5, 0.6) is 0 Å². The standard InChI is InChI=1S/C54H34N2S2/c1-4-15-35(16-5-1)37-27-29-44-50(33-37)58-54-40(36-17-6-2-7-18-36)31-32-48(53(44)54)56(39-28-30-42-41-21-11-13-26-49(41)57-51(42)34-39)47-25-14-24-46-52(47)43-22-10-12-23-45(43)55(46)38-19-8-3-9-20-38/h1-34H. The lowest BCUT2D eigenvalue weighted by Gasteiger charge is -2.28. The van der Waals surface area contributed by atoms with Crippen LogP contribution in [-0.4, -0.2) is 4.57 Å². The molecule has 272 valence electrons. The van der Waals surface area contributed by atoms with E-state index in [9.17, 15) is 0 Å². The fourth-order valence-corrected chi connectivity index (χ4v) is 11.4. The number of fused-ring (bicyclic) bond motifs is 9. The van der Waals surface area contributed by atoms with Gasteiger partial charge in [-0.1, -0.05) is 146 Å². The smallest absolute Gasteiger partial charge is 0.0562 e. The molecule has 9 aromatic carbocycles. The minimum atomic E-state index is 1.14. The van der Waals surface area contributed by atoms with Gasteiger partial charge in [-0.15, -0.1) is 22.7 Å². The molecule has 0 amide bonds. The summed E-state index contributed by atoms with van der Waals surface area (Å²) in [5.74, 6) is 0. The molecular weight excluding hydrogens is 741 g/mol. The molecule has 0 saturated heterocycles. The van der Waals surface area contributed by atoms with E-state index in [1.807, 2.05) is 22.7 Å². The first-order valence-electron chi connectivity index (χ1n) is 19.7. The maximum absolute atomic E-state index is 2.54. The number of aromatic nitrogens is 1. The molecule has 0 atom stereocenters. The monoisotopic (exact) mass is 774 g/mol. The Labute approximate surface area is 343 Å². The number of nitrogens with zero attached hydrogens (tertiary/aromatic N) is 2. The summed E-state index contributed by atoms with van der Waals surface area (Å²) < 4.78 is 7.57. The van der Waals surface area contributed by atoms with Crippen LogP contribution in [0.1, 0.15) is 0 Å². The molecule has 0 aliphatic heterocycles. The summed E-state index contributed by atoms with van der Waals surface area (Å²) in [6, 6.07) is 75.6. The van der Waals surface area contributed by atoms with Crippen LogP contribution in [0.2, 0.25) is 0 Å². The van der Waals surface area contributed by atoms with Crippen LogP contribution in [0, 0.1) is 0 Å². The first-order valence-corrected chi connectivity index (χ1v) is 21.3. The topological polar surface area (TPSA) is 8.17 Å². The Balaban J connectivity index is 1.20. The van der Waals surface area contributed by atoms with Gasteiger partial charge in [-0.3, -0.25) is 0 Å². The first-order chi connectivity index (χ1) is 28.8. The number of anilines is 3. The highest BCUT2D eigenvalue weighted by Crippen LogP contribution is 2.51. The summed E-state index contributed by atoms with van der Waals surface area (Å²) in [6.45, 7) is 0. The van der Waals surface area contributed by atoms with Crippen LogP contribution in [0.15, 0.2) is 206 Å². The van der Waals surface area contributed by atoms with E-state index in [1.165, 1.54) is 84.4 Å². The molecule has 0 unspecified atom stereocenters. The summed E-state index contributed by atoms with van der Waals surface area (Å²) in [6.07, 6.45) is 0. The molecule has 0 spiro atoms. The van der Waals surface area contributed by atoms with Crippen molar-refractivity contribution in [3.63, 3.8) is 0 Å². The Kier molecular flexibility index (Phi) is 7.62. The third-order valence-corrected chi connectivity index (χ3v) is 13.9. The molecule has 3 aromatic heterocycles. The van der Waals surface area contributed by atoms with Gasteiger partial charge in [0.05, 0.1) is 22.4 Å². The van der Waals surface area contributed by atoms with Gasteiger partial charge in [-0.05, 0) is 82.9 Å². The second-order valence-electron chi connectivity index (χ2n) is 14.9. The van der Waals surface area contributed by atoms with Gasteiger partial charge < -0.3 is 9.47 Å². The van der Waals surface area contributed by atoms with Crippen molar-refractivity contribution in [1.82, 2.24) is 4.57 Å². The van der Waals surface area contributed by atoms with E-state index < -0.39 is 0 Å². The van der Waals surface area contributed by atoms with E-state index in [4.69, 9.17) is 0 Å². The summed E-state index contributed by atoms with van der Waals surface area (Å²) in [4.78, 5) is 2.54. The van der Waals surface area contributed by atoms with E-state index in [-0.39, 0.29) is 0 Å². The molecule has 0 aliphatic carbocycles. The Morgan fingerprint density at radius 1 is 0.362 bits per heavy atom. The normalized spacial score (nSPS) is 11.8. The molecule has 0 fully saturated rings. The lowest BCUT2D eigenvalue weighted by atomic mass is 9.98. The molecule has 0 bridgehead atoms. The maximum atomic E-state index is 2.54. The molecule has 4 heteroatoms. The molecule has 0 N–H and O–H groups in total. The lowest BCUT2D eigenvalue weighted by molar-refractivity contribution is 1.18. The molecule has 3 heterocycles. The van der Waals surface area contributed by atoms with Crippen molar-refractivity contribution in [1.29, 1.82) is 0 Å². The molecule has 0 radical (unpaired) electrons. The quantitative estimate of drug-likeness (QED) is 0.163. The van der Waals surface area contributed by atoms with E-state index in [2.05, 4.69) is 216 Å². The zero-order valence-electron chi connectivity index (χ0n) is 31.3. The maximum Gasteiger partial charge on any atom is 0.0562 e. The minimum Gasteiger partial charge on any atom is -0.309 e. The van der Waals surface area contributed by atoms with Gasteiger partial charge in [0.2, 0.25) is 0 Å². The zero-order chi connectivity index (χ0) is 38.2. The molecule has 58 heavy (non-hydrogen) atoms. The van der Waals surface area contributed by atoms with Crippen LogP contribution in [-0.2, 0) is 0 Å². The van der Waals surface area contributed by atoms with Gasteiger partial charge in [-0.2, -0.15) is 0 Å². The SMILES string of the molecule is c1ccc(-c2ccc3c(c2)sc2c(-c4ccccc4)ccc(N(c4ccc5c(c4)sc4ccccc45)c4cccc5c4c4ccccc4n5-c4ccccc4)c23)cc1. The van der Waals surface area contributed by atoms with E-state index in [0.29, 0.717) is 0 Å². The van der Waals surface area contributed by atoms with Crippen molar-refractivity contribution in [3.05, 3.63) is 206 Å². The van der Waals surface area contributed by atoms with E-state index in [0.717, 1.165) is 22.7 Å². The number of thiophene rings is 2. The summed E-state index contributed by atoms with van der Waals surface area (Å²) in [7, 11) is 0. The second kappa shape index (κ2) is 13.3. The van der Waals surface area contributed by atoms with Crippen molar-refractivity contribution in [2.75, 3.05) is 4.90 Å². The van der Waals surface area contributed by atoms with E-state index in [1.54, 1.807) is 0 Å². The molecule has 0 saturated carbocycles. The Morgan fingerprint density at radius 3 is 1.83 bits per heavy atom. The van der Waals surface area contributed by atoms with Crippen LogP contribution < -0.4 is 4.90 Å². The van der Waals surface area contributed by atoms with Crippen LogP contribution in [0.4, 0.5) is 17.1 Å². The van der Waals surface area contributed by atoms with Crippen LogP contribution in [0.25, 0.3) is 90.1 Å². The highest BCUT2D eigenvalue weighted by Gasteiger charge is 2.25. The molecule has 0 aliphatic rings. The average Bonchev–Trinajstić information content (AvgIpc) is 3.97. The fraction of sp³-hybridized carbons (Fsp3) is 0. The number of para-hydroxylation sites is 2. The fourth-order valence-electron chi connectivity index (χ4n) is 9.01. The van der Waals surface area contributed by atoms with Crippen molar-refractivity contribution < 1.29 is 0 Å². The van der Waals surface area contributed by atoms with Gasteiger partial charge in [0.1, 0.15) is 0 Å². The van der Waals surface area contributed by atoms with Crippen molar-refractivity contribution >= 4 is 102 Å². The Bertz CT molecular complexity index is 3500. The number of hydrogen-bond acceptors (Lipinski definition) is 3. The molecule has 12 rings (SSSR count). The van der Waals surface area contributed by atoms with Gasteiger partial charge in [0.25, 0.3) is 0 Å². The number of hydrogen-bond donors (Lipinski definition) is 0. The van der Waals surface area contributed by atoms with Gasteiger partial charge in [-0.25, -0.2) is 0 Å².